The zero-order valence-corrected chi connectivity index (χ0v) is 16.6. The summed E-state index contributed by atoms with van der Waals surface area (Å²) < 4.78 is 32.3. The van der Waals surface area contributed by atoms with E-state index in [1.165, 1.54) is 24.3 Å². The molecule has 2 N–H and O–H groups in total. The SMILES string of the molecule is CCOCCCNC(=O)c1ccc(CNS(=O)(=O)c2ccc(Cl)cc2)cc1. The third-order valence-electron chi connectivity index (χ3n) is 3.76. The number of hydrogen-bond acceptors (Lipinski definition) is 4. The molecule has 2 aromatic carbocycles. The van der Waals surface area contributed by atoms with Gasteiger partial charge < -0.3 is 10.1 Å². The normalized spacial score (nSPS) is 11.3. The van der Waals surface area contributed by atoms with E-state index in [1.807, 2.05) is 6.92 Å². The molecular weight excluding hydrogens is 388 g/mol. The summed E-state index contributed by atoms with van der Waals surface area (Å²) in [4.78, 5) is 12.2. The summed E-state index contributed by atoms with van der Waals surface area (Å²) in [5.74, 6) is -0.167. The molecule has 0 spiro atoms. The fourth-order valence-electron chi connectivity index (χ4n) is 2.27. The molecule has 146 valence electrons. The van der Waals surface area contributed by atoms with Crippen LogP contribution in [0, 0.1) is 0 Å². The molecule has 0 aliphatic carbocycles. The molecule has 0 fully saturated rings. The summed E-state index contributed by atoms with van der Waals surface area (Å²) in [5, 5.41) is 3.29. The summed E-state index contributed by atoms with van der Waals surface area (Å²) in [7, 11) is -3.62. The predicted octanol–water partition coefficient (Wildman–Crippen LogP) is 2.97. The first-order valence-electron chi connectivity index (χ1n) is 8.62. The zero-order chi connectivity index (χ0) is 19.7. The highest BCUT2D eigenvalue weighted by Gasteiger charge is 2.13. The Balaban J connectivity index is 1.86. The quantitative estimate of drug-likeness (QED) is 0.590. The molecule has 0 radical (unpaired) electrons. The lowest BCUT2D eigenvalue weighted by molar-refractivity contribution is 0.0944. The molecule has 0 unspecified atom stereocenters. The van der Waals surface area contributed by atoms with E-state index >= 15 is 0 Å². The summed E-state index contributed by atoms with van der Waals surface area (Å²) in [5.41, 5.74) is 1.27. The van der Waals surface area contributed by atoms with Gasteiger partial charge in [0.2, 0.25) is 10.0 Å². The van der Waals surface area contributed by atoms with Crippen molar-refractivity contribution >= 4 is 27.5 Å². The molecule has 1 amide bonds. The lowest BCUT2D eigenvalue weighted by atomic mass is 10.1. The smallest absolute Gasteiger partial charge is 0.251 e. The molecule has 27 heavy (non-hydrogen) atoms. The third kappa shape index (κ3) is 6.95. The van der Waals surface area contributed by atoms with Crippen LogP contribution < -0.4 is 10.0 Å². The van der Waals surface area contributed by atoms with E-state index in [1.54, 1.807) is 24.3 Å². The van der Waals surface area contributed by atoms with Gasteiger partial charge in [-0.25, -0.2) is 13.1 Å². The molecule has 0 aliphatic rings. The molecule has 6 nitrogen and oxygen atoms in total. The Kier molecular flexibility index (Phi) is 8.24. The Morgan fingerprint density at radius 2 is 1.74 bits per heavy atom. The Morgan fingerprint density at radius 3 is 2.37 bits per heavy atom. The number of amides is 1. The van der Waals surface area contributed by atoms with Crippen molar-refractivity contribution in [2.24, 2.45) is 0 Å². The average Bonchev–Trinajstić information content (AvgIpc) is 2.67. The second kappa shape index (κ2) is 10.4. The third-order valence-corrected chi connectivity index (χ3v) is 5.43. The van der Waals surface area contributed by atoms with E-state index in [2.05, 4.69) is 10.0 Å². The molecule has 8 heteroatoms. The van der Waals surface area contributed by atoms with Gasteiger partial charge in [-0.05, 0) is 55.3 Å². The van der Waals surface area contributed by atoms with E-state index in [0.29, 0.717) is 30.3 Å². The number of carbonyl (C=O) groups excluding carboxylic acids is 1. The van der Waals surface area contributed by atoms with Crippen LogP contribution in [-0.4, -0.2) is 34.1 Å². The van der Waals surface area contributed by atoms with Crippen LogP contribution in [-0.2, 0) is 21.3 Å². The number of benzene rings is 2. The van der Waals surface area contributed by atoms with Crippen molar-refractivity contribution in [2.75, 3.05) is 19.8 Å². The van der Waals surface area contributed by atoms with Crippen LogP contribution >= 0.6 is 11.6 Å². The Hall–Kier alpha value is -1.93. The summed E-state index contributed by atoms with van der Waals surface area (Å²) in [6, 6.07) is 12.7. The van der Waals surface area contributed by atoms with Crippen molar-refractivity contribution in [3.8, 4) is 0 Å². The number of rotatable bonds is 10. The van der Waals surface area contributed by atoms with Crippen molar-refractivity contribution in [3.63, 3.8) is 0 Å². The standard InChI is InChI=1S/C19H23ClN2O4S/c1-2-26-13-3-12-21-19(23)16-6-4-15(5-7-16)14-22-27(24,25)18-10-8-17(20)9-11-18/h4-11,22H,2-3,12-14H2,1H3,(H,21,23). The Labute approximate surface area is 164 Å². The van der Waals surface area contributed by atoms with Crippen LogP contribution in [0.4, 0.5) is 0 Å². The van der Waals surface area contributed by atoms with E-state index in [-0.39, 0.29) is 17.3 Å². The van der Waals surface area contributed by atoms with Crippen molar-refractivity contribution < 1.29 is 17.9 Å². The summed E-state index contributed by atoms with van der Waals surface area (Å²) >= 11 is 5.77. The van der Waals surface area contributed by atoms with Gasteiger partial charge in [-0.15, -0.1) is 0 Å². The van der Waals surface area contributed by atoms with Crippen LogP contribution in [0.1, 0.15) is 29.3 Å². The molecule has 0 heterocycles. The molecule has 0 bridgehead atoms. The topological polar surface area (TPSA) is 84.5 Å². The first kappa shape index (κ1) is 21.4. The van der Waals surface area contributed by atoms with Crippen LogP contribution in [0.15, 0.2) is 53.4 Å². The maximum Gasteiger partial charge on any atom is 0.251 e. The van der Waals surface area contributed by atoms with Crippen molar-refractivity contribution in [1.82, 2.24) is 10.0 Å². The first-order chi connectivity index (χ1) is 12.9. The summed E-state index contributed by atoms with van der Waals surface area (Å²) in [6.07, 6.45) is 0.754. The molecule has 0 atom stereocenters. The Bertz CT molecular complexity index is 837. The van der Waals surface area contributed by atoms with Crippen LogP contribution in [0.3, 0.4) is 0 Å². The van der Waals surface area contributed by atoms with Crippen molar-refractivity contribution in [3.05, 3.63) is 64.7 Å². The molecule has 2 aromatic rings. The molecule has 0 saturated heterocycles. The molecule has 0 aromatic heterocycles. The molecular formula is C19H23ClN2O4S. The fourth-order valence-corrected chi connectivity index (χ4v) is 3.42. The number of sulfonamides is 1. The first-order valence-corrected chi connectivity index (χ1v) is 10.5. The van der Waals surface area contributed by atoms with Gasteiger partial charge in [-0.2, -0.15) is 0 Å². The fraction of sp³-hybridized carbons (Fsp3) is 0.316. The largest absolute Gasteiger partial charge is 0.382 e. The predicted molar refractivity (Wildman–Crippen MR) is 105 cm³/mol. The van der Waals surface area contributed by atoms with Gasteiger partial charge in [0, 0.05) is 36.9 Å². The average molecular weight is 411 g/mol. The van der Waals surface area contributed by atoms with Crippen molar-refractivity contribution in [1.29, 1.82) is 0 Å². The van der Waals surface area contributed by atoms with Gasteiger partial charge in [0.25, 0.3) is 5.91 Å². The second-order valence-corrected chi connectivity index (χ2v) is 7.99. The van der Waals surface area contributed by atoms with Crippen molar-refractivity contribution in [2.45, 2.75) is 24.8 Å². The second-order valence-electron chi connectivity index (χ2n) is 5.78. The number of nitrogens with one attached hydrogen (secondary N) is 2. The Morgan fingerprint density at radius 1 is 1.07 bits per heavy atom. The lowest BCUT2D eigenvalue weighted by Crippen LogP contribution is -2.25. The summed E-state index contributed by atoms with van der Waals surface area (Å²) in [6.45, 7) is 3.87. The highest BCUT2D eigenvalue weighted by molar-refractivity contribution is 7.89. The van der Waals surface area contributed by atoms with Gasteiger partial charge in [-0.3, -0.25) is 4.79 Å². The maximum absolute atomic E-state index is 12.3. The molecule has 0 aliphatic heterocycles. The van der Waals surface area contributed by atoms with Crippen LogP contribution in [0.25, 0.3) is 0 Å². The zero-order valence-electron chi connectivity index (χ0n) is 15.1. The van der Waals surface area contributed by atoms with Gasteiger partial charge >= 0.3 is 0 Å². The highest BCUT2D eigenvalue weighted by atomic mass is 35.5. The number of hydrogen-bond donors (Lipinski definition) is 2. The maximum atomic E-state index is 12.3. The molecule has 0 saturated carbocycles. The van der Waals surface area contributed by atoms with E-state index in [4.69, 9.17) is 16.3 Å². The van der Waals surface area contributed by atoms with E-state index in [0.717, 1.165) is 12.0 Å². The van der Waals surface area contributed by atoms with Gasteiger partial charge in [0.1, 0.15) is 0 Å². The highest BCUT2D eigenvalue weighted by Crippen LogP contribution is 2.14. The number of halogens is 1. The minimum absolute atomic E-state index is 0.126. The minimum atomic E-state index is -3.62. The lowest BCUT2D eigenvalue weighted by Gasteiger charge is -2.08. The monoisotopic (exact) mass is 410 g/mol. The van der Waals surface area contributed by atoms with Gasteiger partial charge in [-0.1, -0.05) is 23.7 Å². The van der Waals surface area contributed by atoms with Gasteiger partial charge in [0.15, 0.2) is 0 Å². The van der Waals surface area contributed by atoms with Crippen LogP contribution in [0.5, 0.6) is 0 Å². The van der Waals surface area contributed by atoms with E-state index in [9.17, 15) is 13.2 Å². The number of carbonyl (C=O) groups is 1. The van der Waals surface area contributed by atoms with E-state index < -0.39 is 10.0 Å². The van der Waals surface area contributed by atoms with Crippen LogP contribution in [0.2, 0.25) is 5.02 Å². The molecule has 2 rings (SSSR count). The minimum Gasteiger partial charge on any atom is -0.382 e. The van der Waals surface area contributed by atoms with Gasteiger partial charge in [0.05, 0.1) is 4.90 Å². The number of ether oxygens (including phenoxy) is 1.